The Balaban J connectivity index is 1.23. The molecular weight excluding hydrogens is 744 g/mol. The zero-order chi connectivity index (χ0) is 33.8. The van der Waals surface area contributed by atoms with Crippen LogP contribution in [0.1, 0.15) is 43.2 Å². The largest absolute Gasteiger partial charge is 0.497 e. The molecule has 3 saturated heterocycles. The van der Waals surface area contributed by atoms with Gasteiger partial charge in [-0.3, -0.25) is 14.7 Å². The van der Waals surface area contributed by atoms with Gasteiger partial charge in [0.1, 0.15) is 24.3 Å². The number of likely N-dealkylation sites (tertiary alicyclic amines) is 2. The van der Waals surface area contributed by atoms with E-state index in [1.807, 2.05) is 41.3 Å². The van der Waals surface area contributed by atoms with Gasteiger partial charge >= 0.3 is 12.1 Å². The summed E-state index contributed by atoms with van der Waals surface area (Å²) in [7, 11) is 3.81. The maximum Gasteiger partial charge on any atom is 0.411 e. The minimum absolute atomic E-state index is 0.115. The summed E-state index contributed by atoms with van der Waals surface area (Å²) in [5.41, 5.74) is 1.77. The van der Waals surface area contributed by atoms with Crippen LogP contribution in [0.4, 0.5) is 15.3 Å². The molecule has 0 spiro atoms. The van der Waals surface area contributed by atoms with Crippen LogP contribution >= 0.6 is 31.9 Å². The van der Waals surface area contributed by atoms with E-state index in [-0.39, 0.29) is 25.1 Å². The van der Waals surface area contributed by atoms with Gasteiger partial charge in [-0.2, -0.15) is 0 Å². The maximum atomic E-state index is 14.0. The van der Waals surface area contributed by atoms with Gasteiger partial charge in [-0.1, -0.05) is 6.07 Å². The maximum absolute atomic E-state index is 14.0. The smallest absolute Gasteiger partial charge is 0.411 e. The highest BCUT2D eigenvalue weighted by Gasteiger charge is 2.52. The van der Waals surface area contributed by atoms with E-state index in [1.54, 1.807) is 12.0 Å². The Hall–Kier alpha value is -2.71. The third-order valence-electron chi connectivity index (χ3n) is 10.7. The Morgan fingerprint density at radius 3 is 2.42 bits per heavy atom. The van der Waals surface area contributed by atoms with Crippen LogP contribution < -0.4 is 10.1 Å². The van der Waals surface area contributed by atoms with Gasteiger partial charge in [0.05, 0.1) is 7.11 Å². The topological polar surface area (TPSA) is 97.9 Å². The van der Waals surface area contributed by atoms with Crippen molar-refractivity contribution in [2.24, 2.45) is 0 Å². The summed E-state index contributed by atoms with van der Waals surface area (Å²) in [6.07, 6.45) is 4.31. The van der Waals surface area contributed by atoms with E-state index in [4.69, 9.17) is 9.47 Å². The summed E-state index contributed by atoms with van der Waals surface area (Å²) in [5.74, 6) is 0.753. The lowest BCUT2D eigenvalue weighted by atomic mass is 9.84. The Morgan fingerprint density at radius 2 is 1.71 bits per heavy atom. The summed E-state index contributed by atoms with van der Waals surface area (Å²) < 4.78 is 13.2. The number of aldehydes is 1. The Labute approximate surface area is 300 Å². The van der Waals surface area contributed by atoms with E-state index >= 15 is 0 Å². The Kier molecular flexibility index (Phi) is 11.3. The number of anilines is 1. The van der Waals surface area contributed by atoms with Gasteiger partial charge in [-0.15, -0.1) is 0 Å². The van der Waals surface area contributed by atoms with Gasteiger partial charge in [0.15, 0.2) is 0 Å². The fourth-order valence-corrected chi connectivity index (χ4v) is 8.62. The molecule has 48 heavy (non-hydrogen) atoms. The molecule has 6 rings (SSSR count). The number of urea groups is 1. The number of methoxy groups -OCH3 is 1. The average molecular weight is 791 g/mol. The summed E-state index contributed by atoms with van der Waals surface area (Å²) in [4.78, 5) is 51.3. The van der Waals surface area contributed by atoms with Crippen LogP contribution in [-0.4, -0.2) is 127 Å². The van der Waals surface area contributed by atoms with Crippen LogP contribution in [0.15, 0.2) is 45.3 Å². The zero-order valence-electron chi connectivity index (χ0n) is 27.8. The van der Waals surface area contributed by atoms with Crippen molar-refractivity contribution in [2.45, 2.75) is 62.9 Å². The fraction of sp³-hybridized carbons (Fsp3) is 0.571. The first-order valence-electron chi connectivity index (χ1n) is 16.9. The number of hydrogen-bond donors (Lipinski definition) is 1. The number of carbonyl (C=O) groups excluding carboxylic acids is 3. The molecule has 4 aliphatic heterocycles. The minimum Gasteiger partial charge on any atom is -0.497 e. The number of amides is 3. The first-order chi connectivity index (χ1) is 23.2. The molecule has 0 saturated carbocycles. The number of nitrogens with one attached hydrogen (secondary N) is 1. The van der Waals surface area contributed by atoms with Crippen molar-refractivity contribution >= 4 is 56.0 Å². The molecule has 1 N–H and O–H groups in total. The molecule has 0 radical (unpaired) electrons. The monoisotopic (exact) mass is 788 g/mol. The minimum atomic E-state index is -0.905. The van der Waals surface area contributed by atoms with Crippen LogP contribution in [0.25, 0.3) is 0 Å². The number of nitrogens with zero attached hydrogens (tertiary/aromatic N) is 5. The number of likely N-dealkylation sites (N-methyl/N-ethyl adjacent to an activating group) is 1. The number of fused-ring (bicyclic) bond motifs is 1. The molecule has 2 atom stereocenters. The van der Waals surface area contributed by atoms with Gasteiger partial charge in [0.2, 0.25) is 0 Å². The number of piperidine rings is 2. The second-order valence-corrected chi connectivity index (χ2v) is 15.1. The molecule has 0 unspecified atom stereocenters. The molecule has 11 nitrogen and oxygen atoms in total. The van der Waals surface area contributed by atoms with E-state index in [2.05, 4.69) is 58.9 Å². The number of halogens is 2. The second-order valence-electron chi connectivity index (χ2n) is 13.4. The van der Waals surface area contributed by atoms with Crippen molar-refractivity contribution in [3.8, 4) is 5.75 Å². The normalized spacial score (nSPS) is 24.8. The summed E-state index contributed by atoms with van der Waals surface area (Å²) in [6.45, 7) is 6.81. The highest BCUT2D eigenvalue weighted by atomic mass is 79.9. The van der Waals surface area contributed by atoms with Crippen molar-refractivity contribution in [1.29, 1.82) is 0 Å². The lowest BCUT2D eigenvalue weighted by molar-refractivity contribution is -0.128. The zero-order valence-corrected chi connectivity index (χ0v) is 31.0. The van der Waals surface area contributed by atoms with Crippen LogP contribution in [0.2, 0.25) is 0 Å². The Morgan fingerprint density at radius 1 is 0.958 bits per heavy atom. The van der Waals surface area contributed by atoms with E-state index in [1.165, 1.54) is 0 Å². The van der Waals surface area contributed by atoms with Gasteiger partial charge in [-0.05, 0) is 106 Å². The standard InChI is InChI=1S/C35H46Br2N6O5/c1-39-16-18-40(19-17-39)27-8-12-41(13-9-27)35(11-20-44)23-28(42-14-7-26-22-29(47-2)4-6-32(26)38-33(42)45)10-15-43(35)34(46)48-24-25-3-5-30(36)31(37)21-25/h3-6,20-22,27-28H,7-19,23-24H2,1-2H3,(H,38,45)/t28-,35+/m1/s1. The van der Waals surface area contributed by atoms with Gasteiger partial charge in [0.25, 0.3) is 0 Å². The predicted octanol–water partition coefficient (Wildman–Crippen LogP) is 5.41. The highest BCUT2D eigenvalue weighted by molar-refractivity contribution is 9.13. The van der Waals surface area contributed by atoms with E-state index in [9.17, 15) is 14.4 Å². The molecule has 0 aliphatic carbocycles. The molecule has 0 bridgehead atoms. The first-order valence-corrected chi connectivity index (χ1v) is 18.5. The summed E-state index contributed by atoms with van der Waals surface area (Å²) in [5, 5.41) is 3.11. The second kappa shape index (κ2) is 15.5. The number of rotatable bonds is 8. The van der Waals surface area contributed by atoms with Crippen LogP contribution in [0, 0.1) is 0 Å². The molecule has 4 heterocycles. The average Bonchev–Trinajstić information content (AvgIpc) is 3.26. The summed E-state index contributed by atoms with van der Waals surface area (Å²) in [6, 6.07) is 11.6. The molecule has 2 aromatic rings. The van der Waals surface area contributed by atoms with Crippen molar-refractivity contribution in [1.82, 2.24) is 24.5 Å². The lowest BCUT2D eigenvalue weighted by Crippen LogP contribution is -2.70. The molecular formula is C35H46Br2N6O5. The molecule has 260 valence electrons. The highest BCUT2D eigenvalue weighted by Crippen LogP contribution is 2.40. The van der Waals surface area contributed by atoms with Crippen molar-refractivity contribution < 1.29 is 23.9 Å². The molecule has 13 heteroatoms. The van der Waals surface area contributed by atoms with Gasteiger partial charge in [0, 0.05) is 91.9 Å². The third-order valence-corrected chi connectivity index (χ3v) is 12.6. The van der Waals surface area contributed by atoms with E-state index < -0.39 is 11.8 Å². The van der Waals surface area contributed by atoms with E-state index in [0.29, 0.717) is 38.4 Å². The van der Waals surface area contributed by atoms with Gasteiger partial charge in [-0.25, -0.2) is 9.59 Å². The van der Waals surface area contributed by atoms with Crippen molar-refractivity contribution in [3.05, 3.63) is 56.5 Å². The molecule has 0 aromatic heterocycles. The Bertz CT molecular complexity index is 1480. The summed E-state index contributed by atoms with van der Waals surface area (Å²) >= 11 is 7.03. The quantitative estimate of drug-likeness (QED) is 0.355. The van der Waals surface area contributed by atoms with Gasteiger partial charge < -0.3 is 29.4 Å². The van der Waals surface area contributed by atoms with E-state index in [0.717, 1.165) is 89.9 Å². The number of ether oxygens (including phenoxy) is 2. The number of carbonyl (C=O) groups is 3. The molecule has 3 fully saturated rings. The first kappa shape index (κ1) is 35.1. The lowest BCUT2D eigenvalue weighted by Gasteiger charge is -2.57. The van der Waals surface area contributed by atoms with Crippen LogP contribution in [0.3, 0.4) is 0 Å². The number of benzene rings is 2. The number of hydrogen-bond acceptors (Lipinski definition) is 8. The fourth-order valence-electron chi connectivity index (χ4n) is 7.95. The van der Waals surface area contributed by atoms with Crippen molar-refractivity contribution in [2.75, 3.05) is 71.8 Å². The molecule has 2 aromatic carbocycles. The predicted molar refractivity (Wildman–Crippen MR) is 191 cm³/mol. The molecule has 3 amide bonds. The van der Waals surface area contributed by atoms with Crippen molar-refractivity contribution in [3.63, 3.8) is 0 Å². The van der Waals surface area contributed by atoms with Crippen LogP contribution in [0.5, 0.6) is 5.75 Å². The van der Waals surface area contributed by atoms with Crippen LogP contribution in [-0.2, 0) is 22.6 Å². The SMILES string of the molecule is COc1ccc2c(c1)CCN([C@@H]1CCN(C(=O)OCc3ccc(Br)c(Br)c3)[C@](CC=O)(N3CCC(N4CCN(C)CC4)CC3)C1)C(=O)N2. The third kappa shape index (κ3) is 7.55. The molecule has 4 aliphatic rings. The number of piperazine rings is 1.